The molecule has 0 saturated carbocycles. The van der Waals surface area contributed by atoms with Gasteiger partial charge in [0.25, 0.3) is 5.91 Å². The molecule has 2 N–H and O–H groups in total. The Kier molecular flexibility index (Phi) is 4.65. The van der Waals surface area contributed by atoms with Crippen molar-refractivity contribution in [2.75, 3.05) is 7.05 Å². The lowest BCUT2D eigenvalue weighted by Gasteiger charge is -2.18. The maximum atomic E-state index is 11.9. The molecule has 1 aromatic rings. The molecule has 0 aromatic heterocycles. The number of benzene rings is 1. The van der Waals surface area contributed by atoms with E-state index in [2.05, 4.69) is 16.7 Å². The van der Waals surface area contributed by atoms with Crippen LogP contribution in [-0.4, -0.2) is 25.1 Å². The number of rotatable bonds is 5. The zero-order valence-electron chi connectivity index (χ0n) is 12.7. The Morgan fingerprint density at radius 1 is 1.35 bits per heavy atom. The SMILES string of the molecule is CNC1CCc2c(OC(C)C(=O)NC(C)C)cccc21. The molecule has 2 rings (SSSR count). The van der Waals surface area contributed by atoms with Gasteiger partial charge in [0.1, 0.15) is 5.75 Å². The van der Waals surface area contributed by atoms with Crippen LogP contribution in [0.3, 0.4) is 0 Å². The quantitative estimate of drug-likeness (QED) is 0.866. The first-order chi connectivity index (χ1) is 9.52. The summed E-state index contributed by atoms with van der Waals surface area (Å²) in [5.41, 5.74) is 2.53. The Hall–Kier alpha value is -1.55. The molecule has 110 valence electrons. The largest absolute Gasteiger partial charge is 0.481 e. The summed E-state index contributed by atoms with van der Waals surface area (Å²) >= 11 is 0. The standard InChI is InChI=1S/C16H24N2O2/c1-10(2)18-16(19)11(3)20-15-7-5-6-12-13(15)8-9-14(12)17-4/h5-7,10-11,14,17H,8-9H2,1-4H3,(H,18,19). The topological polar surface area (TPSA) is 50.4 Å². The van der Waals surface area contributed by atoms with Crippen LogP contribution in [0.15, 0.2) is 18.2 Å². The Bertz CT molecular complexity index is 485. The number of carbonyl (C=O) groups is 1. The fourth-order valence-electron chi connectivity index (χ4n) is 2.68. The van der Waals surface area contributed by atoms with E-state index in [0.29, 0.717) is 6.04 Å². The van der Waals surface area contributed by atoms with Gasteiger partial charge >= 0.3 is 0 Å². The summed E-state index contributed by atoms with van der Waals surface area (Å²) in [5.74, 6) is 0.771. The van der Waals surface area contributed by atoms with E-state index >= 15 is 0 Å². The van der Waals surface area contributed by atoms with Crippen molar-refractivity contribution in [3.63, 3.8) is 0 Å². The lowest BCUT2D eigenvalue weighted by molar-refractivity contribution is -0.127. The van der Waals surface area contributed by atoms with Crippen LogP contribution in [0.4, 0.5) is 0 Å². The average Bonchev–Trinajstić information content (AvgIpc) is 2.82. The first-order valence-corrected chi connectivity index (χ1v) is 7.29. The third-order valence-corrected chi connectivity index (χ3v) is 3.68. The van der Waals surface area contributed by atoms with Gasteiger partial charge in [0.15, 0.2) is 6.10 Å². The van der Waals surface area contributed by atoms with Crippen LogP contribution in [0.25, 0.3) is 0 Å². The summed E-state index contributed by atoms with van der Waals surface area (Å²) in [4.78, 5) is 11.9. The minimum atomic E-state index is -0.475. The molecular formula is C16H24N2O2. The van der Waals surface area contributed by atoms with Gasteiger partial charge in [-0.25, -0.2) is 0 Å². The van der Waals surface area contributed by atoms with Crippen molar-refractivity contribution in [2.24, 2.45) is 0 Å². The van der Waals surface area contributed by atoms with E-state index in [1.54, 1.807) is 6.92 Å². The fourth-order valence-corrected chi connectivity index (χ4v) is 2.68. The Morgan fingerprint density at radius 2 is 2.10 bits per heavy atom. The van der Waals surface area contributed by atoms with E-state index in [4.69, 9.17) is 4.74 Å². The van der Waals surface area contributed by atoms with Gasteiger partial charge in [-0.2, -0.15) is 0 Å². The van der Waals surface area contributed by atoms with E-state index in [1.165, 1.54) is 11.1 Å². The van der Waals surface area contributed by atoms with Gasteiger partial charge in [-0.15, -0.1) is 0 Å². The molecule has 2 unspecified atom stereocenters. The maximum absolute atomic E-state index is 11.9. The van der Waals surface area contributed by atoms with Gasteiger partial charge in [0.05, 0.1) is 0 Å². The van der Waals surface area contributed by atoms with Crippen molar-refractivity contribution >= 4 is 5.91 Å². The number of hydrogen-bond acceptors (Lipinski definition) is 3. The molecule has 0 bridgehead atoms. The first-order valence-electron chi connectivity index (χ1n) is 7.29. The van der Waals surface area contributed by atoms with Crippen molar-refractivity contribution in [2.45, 2.75) is 51.8 Å². The minimum Gasteiger partial charge on any atom is -0.481 e. The molecule has 1 aliphatic rings. The third-order valence-electron chi connectivity index (χ3n) is 3.68. The van der Waals surface area contributed by atoms with Gasteiger partial charge in [-0.3, -0.25) is 4.79 Å². The summed E-state index contributed by atoms with van der Waals surface area (Å²) in [6, 6.07) is 6.61. The van der Waals surface area contributed by atoms with Crippen LogP contribution >= 0.6 is 0 Å². The maximum Gasteiger partial charge on any atom is 0.260 e. The molecule has 1 amide bonds. The average molecular weight is 276 g/mol. The van der Waals surface area contributed by atoms with Crippen molar-refractivity contribution < 1.29 is 9.53 Å². The lowest BCUT2D eigenvalue weighted by Crippen LogP contribution is -2.40. The van der Waals surface area contributed by atoms with Crippen molar-refractivity contribution in [3.8, 4) is 5.75 Å². The molecule has 20 heavy (non-hydrogen) atoms. The molecule has 1 aromatic carbocycles. The number of carbonyl (C=O) groups excluding carboxylic acids is 1. The minimum absolute atomic E-state index is 0.0687. The molecule has 0 radical (unpaired) electrons. The van der Waals surface area contributed by atoms with Crippen LogP contribution in [-0.2, 0) is 11.2 Å². The molecule has 1 aliphatic carbocycles. The summed E-state index contributed by atoms with van der Waals surface area (Å²) in [5, 5.41) is 6.19. The number of amides is 1. The number of fused-ring (bicyclic) bond motifs is 1. The summed E-state index contributed by atoms with van der Waals surface area (Å²) in [6.45, 7) is 5.69. The van der Waals surface area contributed by atoms with Crippen molar-refractivity contribution in [1.29, 1.82) is 0 Å². The van der Waals surface area contributed by atoms with E-state index in [-0.39, 0.29) is 11.9 Å². The number of hydrogen-bond donors (Lipinski definition) is 2. The van der Waals surface area contributed by atoms with Gasteiger partial charge in [0.2, 0.25) is 0 Å². The molecular weight excluding hydrogens is 252 g/mol. The first kappa shape index (κ1) is 14.9. The van der Waals surface area contributed by atoms with E-state index < -0.39 is 6.10 Å². The highest BCUT2D eigenvalue weighted by atomic mass is 16.5. The Labute approximate surface area is 120 Å². The second-order valence-corrected chi connectivity index (χ2v) is 5.63. The monoisotopic (exact) mass is 276 g/mol. The normalized spacial score (nSPS) is 18.8. The Balaban J connectivity index is 2.11. The highest BCUT2D eigenvalue weighted by Gasteiger charge is 2.25. The molecule has 0 heterocycles. The molecule has 2 atom stereocenters. The highest BCUT2D eigenvalue weighted by molar-refractivity contribution is 5.81. The molecule has 4 heteroatoms. The van der Waals surface area contributed by atoms with Crippen LogP contribution in [0.1, 0.15) is 44.4 Å². The predicted octanol–water partition coefficient (Wildman–Crippen LogP) is 2.19. The zero-order valence-corrected chi connectivity index (χ0v) is 12.7. The Morgan fingerprint density at radius 3 is 2.75 bits per heavy atom. The van der Waals surface area contributed by atoms with E-state index in [9.17, 15) is 4.79 Å². The second-order valence-electron chi connectivity index (χ2n) is 5.63. The van der Waals surface area contributed by atoms with Crippen molar-refractivity contribution in [3.05, 3.63) is 29.3 Å². The van der Waals surface area contributed by atoms with Gasteiger partial charge < -0.3 is 15.4 Å². The second kappa shape index (κ2) is 6.27. The molecule has 0 spiro atoms. The van der Waals surface area contributed by atoms with Crippen LogP contribution in [0.5, 0.6) is 5.75 Å². The van der Waals surface area contributed by atoms with Gasteiger partial charge in [-0.05, 0) is 57.9 Å². The van der Waals surface area contributed by atoms with Crippen LogP contribution < -0.4 is 15.4 Å². The molecule has 0 aliphatic heterocycles. The molecule has 4 nitrogen and oxygen atoms in total. The van der Waals surface area contributed by atoms with Gasteiger partial charge in [0, 0.05) is 12.1 Å². The summed E-state index contributed by atoms with van der Waals surface area (Å²) in [6.07, 6.45) is 1.60. The number of nitrogens with one attached hydrogen (secondary N) is 2. The van der Waals surface area contributed by atoms with E-state index in [0.717, 1.165) is 18.6 Å². The fraction of sp³-hybridized carbons (Fsp3) is 0.562. The smallest absolute Gasteiger partial charge is 0.260 e. The molecule has 0 fully saturated rings. The summed E-state index contributed by atoms with van der Waals surface area (Å²) in [7, 11) is 1.98. The lowest BCUT2D eigenvalue weighted by atomic mass is 10.1. The van der Waals surface area contributed by atoms with Crippen LogP contribution in [0, 0.1) is 0 Å². The van der Waals surface area contributed by atoms with Gasteiger partial charge in [-0.1, -0.05) is 12.1 Å². The van der Waals surface area contributed by atoms with Crippen LogP contribution in [0.2, 0.25) is 0 Å². The number of ether oxygens (including phenoxy) is 1. The van der Waals surface area contributed by atoms with Crippen molar-refractivity contribution in [1.82, 2.24) is 10.6 Å². The summed E-state index contributed by atoms with van der Waals surface area (Å²) < 4.78 is 5.87. The third kappa shape index (κ3) is 3.12. The highest BCUT2D eigenvalue weighted by Crippen LogP contribution is 2.36. The predicted molar refractivity (Wildman–Crippen MR) is 79.9 cm³/mol. The van der Waals surface area contributed by atoms with E-state index in [1.807, 2.05) is 33.0 Å². The zero-order chi connectivity index (χ0) is 14.7. The molecule has 0 saturated heterocycles.